The van der Waals surface area contributed by atoms with Crippen molar-refractivity contribution in [3.63, 3.8) is 0 Å². The quantitative estimate of drug-likeness (QED) is 0.742. The van der Waals surface area contributed by atoms with Crippen molar-refractivity contribution in [2.75, 3.05) is 20.3 Å². The minimum Gasteiger partial charge on any atom is -0.374 e. The zero-order valence-electron chi connectivity index (χ0n) is 8.89. The molecule has 2 rings (SSSR count). The Morgan fingerprint density at radius 1 is 1.40 bits per heavy atom. The van der Waals surface area contributed by atoms with E-state index in [0.29, 0.717) is 6.61 Å². The summed E-state index contributed by atoms with van der Waals surface area (Å²) >= 11 is 0. The molecule has 0 spiro atoms. The number of hydrogen-bond donors (Lipinski definition) is 0. The van der Waals surface area contributed by atoms with Gasteiger partial charge >= 0.3 is 0 Å². The summed E-state index contributed by atoms with van der Waals surface area (Å²) in [5, 5.41) is 0. The summed E-state index contributed by atoms with van der Waals surface area (Å²) in [5.41, 5.74) is 1.14. The highest BCUT2D eigenvalue weighted by Crippen LogP contribution is 2.20. The molecule has 1 aliphatic rings. The molecule has 82 valence electrons. The van der Waals surface area contributed by atoms with E-state index in [1.165, 1.54) is 0 Å². The Balaban J connectivity index is 1.86. The first kappa shape index (κ1) is 10.6. The van der Waals surface area contributed by atoms with E-state index in [-0.39, 0.29) is 12.4 Å². The molecule has 1 aromatic carbocycles. The molecule has 1 aromatic rings. The fourth-order valence-electron chi connectivity index (χ4n) is 1.51. The van der Waals surface area contributed by atoms with Crippen molar-refractivity contribution >= 4 is 0 Å². The summed E-state index contributed by atoms with van der Waals surface area (Å²) in [7, 11) is 1.70. The van der Waals surface area contributed by atoms with Crippen molar-refractivity contribution in [1.82, 2.24) is 0 Å². The van der Waals surface area contributed by atoms with Gasteiger partial charge < -0.3 is 14.2 Å². The molecule has 0 N–H and O–H groups in total. The maximum Gasteiger partial charge on any atom is 0.159 e. The second-order valence-corrected chi connectivity index (χ2v) is 3.56. The molecule has 0 saturated carbocycles. The largest absolute Gasteiger partial charge is 0.374 e. The molecule has 1 heterocycles. The van der Waals surface area contributed by atoms with Gasteiger partial charge in [-0.25, -0.2) is 0 Å². The summed E-state index contributed by atoms with van der Waals surface area (Å²) in [6, 6.07) is 10.1. The van der Waals surface area contributed by atoms with Crippen LogP contribution in [-0.4, -0.2) is 26.6 Å². The van der Waals surface area contributed by atoms with E-state index in [2.05, 4.69) is 0 Å². The maximum atomic E-state index is 5.54. The predicted molar refractivity (Wildman–Crippen MR) is 56.5 cm³/mol. The van der Waals surface area contributed by atoms with E-state index in [1.807, 2.05) is 30.3 Å². The van der Waals surface area contributed by atoms with Gasteiger partial charge in [0.15, 0.2) is 6.29 Å². The second kappa shape index (κ2) is 5.26. The Kier molecular flexibility index (Phi) is 3.72. The number of ether oxygens (including phenoxy) is 3. The van der Waals surface area contributed by atoms with Crippen LogP contribution in [0.3, 0.4) is 0 Å². The third-order valence-corrected chi connectivity index (χ3v) is 2.55. The number of benzene rings is 1. The molecular formula is C12H16O3. The molecule has 1 fully saturated rings. The summed E-state index contributed by atoms with van der Waals surface area (Å²) in [4.78, 5) is 0. The molecule has 3 nitrogen and oxygen atoms in total. The van der Waals surface area contributed by atoms with E-state index in [1.54, 1.807) is 7.11 Å². The molecule has 0 bridgehead atoms. The van der Waals surface area contributed by atoms with Crippen molar-refractivity contribution in [3.05, 3.63) is 35.9 Å². The molecule has 3 heteroatoms. The van der Waals surface area contributed by atoms with Gasteiger partial charge in [0.2, 0.25) is 0 Å². The summed E-state index contributed by atoms with van der Waals surface area (Å²) in [6.07, 6.45) is 0.965. The van der Waals surface area contributed by atoms with Gasteiger partial charge in [0.1, 0.15) is 6.10 Å². The molecule has 15 heavy (non-hydrogen) atoms. The lowest BCUT2D eigenvalue weighted by Crippen LogP contribution is -2.31. The number of methoxy groups -OCH3 is 1. The molecule has 0 aromatic heterocycles. The zero-order valence-corrected chi connectivity index (χ0v) is 8.89. The van der Waals surface area contributed by atoms with Crippen LogP contribution in [0.4, 0.5) is 0 Å². The summed E-state index contributed by atoms with van der Waals surface area (Å²) < 4.78 is 16.1. The fourth-order valence-corrected chi connectivity index (χ4v) is 1.51. The molecule has 1 unspecified atom stereocenters. The Labute approximate surface area is 90.0 Å². The van der Waals surface area contributed by atoms with Crippen LogP contribution in [0.25, 0.3) is 0 Å². The van der Waals surface area contributed by atoms with Gasteiger partial charge in [-0.15, -0.1) is 0 Å². The lowest BCUT2D eigenvalue weighted by atomic mass is 10.1. The predicted octanol–water partition coefficient (Wildman–Crippen LogP) is 2.14. The van der Waals surface area contributed by atoms with Gasteiger partial charge in [-0.1, -0.05) is 30.3 Å². The topological polar surface area (TPSA) is 27.7 Å². The smallest absolute Gasteiger partial charge is 0.159 e. The van der Waals surface area contributed by atoms with E-state index in [0.717, 1.165) is 18.6 Å². The van der Waals surface area contributed by atoms with Crippen molar-refractivity contribution in [3.8, 4) is 0 Å². The Morgan fingerprint density at radius 3 is 2.67 bits per heavy atom. The van der Waals surface area contributed by atoms with E-state index < -0.39 is 0 Å². The first-order valence-electron chi connectivity index (χ1n) is 5.21. The standard InChI is InChI=1S/C12H16O3/c1-13-11(9-15-12-7-8-14-12)10-5-3-2-4-6-10/h2-6,11-12H,7-9H2,1H3/t11-,12?/m0/s1. The minimum atomic E-state index is -0.0219. The molecule has 0 radical (unpaired) electrons. The van der Waals surface area contributed by atoms with Crippen LogP contribution in [0.5, 0.6) is 0 Å². The van der Waals surface area contributed by atoms with E-state index >= 15 is 0 Å². The SMILES string of the molecule is CO[C@@H](COC1CCO1)c1ccccc1. The van der Waals surface area contributed by atoms with E-state index in [9.17, 15) is 0 Å². The number of rotatable bonds is 5. The van der Waals surface area contributed by atoms with Gasteiger partial charge in [0, 0.05) is 13.5 Å². The Bertz CT molecular complexity index is 282. The normalized spacial score (nSPS) is 22.1. The van der Waals surface area contributed by atoms with Crippen molar-refractivity contribution in [2.45, 2.75) is 18.8 Å². The third kappa shape index (κ3) is 2.78. The summed E-state index contributed by atoms with van der Waals surface area (Å²) in [5.74, 6) is 0. The van der Waals surface area contributed by atoms with Crippen LogP contribution in [-0.2, 0) is 14.2 Å². The highest BCUT2D eigenvalue weighted by atomic mass is 16.7. The van der Waals surface area contributed by atoms with Gasteiger partial charge in [0.25, 0.3) is 0 Å². The number of hydrogen-bond acceptors (Lipinski definition) is 3. The molecule has 0 aliphatic carbocycles. The van der Waals surface area contributed by atoms with Crippen molar-refractivity contribution < 1.29 is 14.2 Å². The molecule has 0 amide bonds. The van der Waals surface area contributed by atoms with Crippen LogP contribution in [0.15, 0.2) is 30.3 Å². The highest BCUT2D eigenvalue weighted by molar-refractivity contribution is 5.17. The average Bonchev–Trinajstić information content (AvgIpc) is 2.23. The van der Waals surface area contributed by atoms with Gasteiger partial charge in [-0.3, -0.25) is 0 Å². The zero-order chi connectivity index (χ0) is 10.5. The van der Waals surface area contributed by atoms with Crippen molar-refractivity contribution in [2.24, 2.45) is 0 Å². The fraction of sp³-hybridized carbons (Fsp3) is 0.500. The maximum absolute atomic E-state index is 5.54. The van der Waals surface area contributed by atoms with Gasteiger partial charge in [0.05, 0.1) is 13.2 Å². The molecule has 2 atom stereocenters. The monoisotopic (exact) mass is 208 g/mol. The van der Waals surface area contributed by atoms with Crippen LogP contribution in [0.2, 0.25) is 0 Å². The van der Waals surface area contributed by atoms with Gasteiger partial charge in [-0.05, 0) is 5.56 Å². The minimum absolute atomic E-state index is 0.00426. The molecule has 1 saturated heterocycles. The second-order valence-electron chi connectivity index (χ2n) is 3.56. The van der Waals surface area contributed by atoms with Gasteiger partial charge in [-0.2, -0.15) is 0 Å². The van der Waals surface area contributed by atoms with Crippen LogP contribution in [0.1, 0.15) is 18.1 Å². The first-order chi connectivity index (χ1) is 7.40. The molecule has 1 aliphatic heterocycles. The Morgan fingerprint density at radius 2 is 2.13 bits per heavy atom. The Hall–Kier alpha value is -0.900. The lowest BCUT2D eigenvalue weighted by Gasteiger charge is -2.28. The van der Waals surface area contributed by atoms with Crippen molar-refractivity contribution in [1.29, 1.82) is 0 Å². The lowest BCUT2D eigenvalue weighted by molar-refractivity contribution is -0.225. The van der Waals surface area contributed by atoms with Crippen LogP contribution < -0.4 is 0 Å². The highest BCUT2D eigenvalue weighted by Gasteiger charge is 2.20. The third-order valence-electron chi connectivity index (χ3n) is 2.55. The van der Waals surface area contributed by atoms with Crippen LogP contribution in [0, 0.1) is 0 Å². The average molecular weight is 208 g/mol. The summed E-state index contributed by atoms with van der Waals surface area (Å²) in [6.45, 7) is 1.36. The van der Waals surface area contributed by atoms with E-state index in [4.69, 9.17) is 14.2 Å². The molecular weight excluding hydrogens is 192 g/mol. The first-order valence-corrected chi connectivity index (χ1v) is 5.21. The van der Waals surface area contributed by atoms with Crippen LogP contribution >= 0.6 is 0 Å².